The molecule has 1 N–H and O–H groups in total. The second kappa shape index (κ2) is 14.1. The van der Waals surface area contributed by atoms with Crippen LogP contribution in [0.4, 0.5) is 5.69 Å². The molecule has 0 bridgehead atoms. The fourth-order valence-electron chi connectivity index (χ4n) is 6.68. The van der Waals surface area contributed by atoms with Crippen LogP contribution in [0, 0.1) is 10.1 Å². The first-order valence-corrected chi connectivity index (χ1v) is 15.8. The number of nitrogens with zero attached hydrogens (tertiary/aromatic N) is 2. The Morgan fingerprint density at radius 1 is 0.957 bits per heavy atom. The first-order valence-electron chi connectivity index (χ1n) is 15.8. The topological polar surface area (TPSA) is 111 Å². The number of ether oxygens (including phenoxy) is 2. The van der Waals surface area contributed by atoms with Crippen LogP contribution in [0.2, 0.25) is 0 Å². The van der Waals surface area contributed by atoms with Crippen molar-refractivity contribution in [2.24, 2.45) is 0 Å². The fourth-order valence-corrected chi connectivity index (χ4v) is 6.68. The van der Waals surface area contributed by atoms with Gasteiger partial charge < -0.3 is 14.8 Å². The lowest BCUT2D eigenvalue weighted by molar-refractivity contribution is -0.384. The van der Waals surface area contributed by atoms with E-state index in [4.69, 9.17) is 9.47 Å². The zero-order valence-corrected chi connectivity index (χ0v) is 26.8. The number of nitrogens with one attached hydrogen (secondary N) is 1. The summed E-state index contributed by atoms with van der Waals surface area (Å²) >= 11 is 0. The van der Waals surface area contributed by atoms with E-state index < -0.39 is 28.4 Å². The highest BCUT2D eigenvalue weighted by molar-refractivity contribution is 6.00. The number of nitro benzene ring substituents is 1. The number of esters is 2. The van der Waals surface area contributed by atoms with Crippen molar-refractivity contribution >= 4 is 17.6 Å². The summed E-state index contributed by atoms with van der Waals surface area (Å²) in [6.45, 7) is 9.45. The van der Waals surface area contributed by atoms with Crippen LogP contribution in [0.15, 0.2) is 107 Å². The van der Waals surface area contributed by atoms with E-state index in [1.54, 1.807) is 32.9 Å². The molecule has 1 fully saturated rings. The summed E-state index contributed by atoms with van der Waals surface area (Å²) < 4.78 is 11.7. The number of likely N-dealkylation sites (tertiary alicyclic amines) is 1. The van der Waals surface area contributed by atoms with Crippen LogP contribution in [-0.4, -0.2) is 53.6 Å². The maximum atomic E-state index is 14.1. The fraction of sp³-hybridized carbons (Fsp3) is 0.351. The van der Waals surface area contributed by atoms with Gasteiger partial charge in [0.2, 0.25) is 0 Å². The number of benzene rings is 3. The Morgan fingerprint density at radius 2 is 1.57 bits per heavy atom. The van der Waals surface area contributed by atoms with Crippen molar-refractivity contribution in [3.63, 3.8) is 0 Å². The first-order chi connectivity index (χ1) is 22.1. The summed E-state index contributed by atoms with van der Waals surface area (Å²) in [6.07, 6.45) is 1.56. The van der Waals surface area contributed by atoms with E-state index in [1.807, 2.05) is 19.1 Å². The van der Waals surface area contributed by atoms with Gasteiger partial charge in [-0.2, -0.15) is 0 Å². The molecule has 0 amide bonds. The third-order valence-electron chi connectivity index (χ3n) is 8.88. The van der Waals surface area contributed by atoms with E-state index in [-0.39, 0.29) is 29.4 Å². The maximum absolute atomic E-state index is 14.1. The molecule has 9 heteroatoms. The quantitative estimate of drug-likeness (QED) is 0.144. The lowest BCUT2D eigenvalue weighted by atomic mass is 9.80. The third kappa shape index (κ3) is 7.21. The predicted molar refractivity (Wildman–Crippen MR) is 176 cm³/mol. The summed E-state index contributed by atoms with van der Waals surface area (Å²) in [4.78, 5) is 40.8. The van der Waals surface area contributed by atoms with Crippen molar-refractivity contribution in [2.75, 3.05) is 26.2 Å². The van der Waals surface area contributed by atoms with E-state index in [0.717, 1.165) is 19.5 Å². The molecule has 9 nitrogen and oxygen atoms in total. The number of nitro groups is 1. The molecule has 2 aliphatic heterocycles. The highest BCUT2D eigenvalue weighted by Crippen LogP contribution is 2.41. The molecule has 2 unspecified atom stereocenters. The van der Waals surface area contributed by atoms with E-state index in [0.29, 0.717) is 29.9 Å². The maximum Gasteiger partial charge on any atom is 0.337 e. The Morgan fingerprint density at radius 3 is 2.15 bits per heavy atom. The van der Waals surface area contributed by atoms with Gasteiger partial charge in [0.1, 0.15) is 5.60 Å². The summed E-state index contributed by atoms with van der Waals surface area (Å²) in [7, 11) is 0. The van der Waals surface area contributed by atoms with Gasteiger partial charge in [-0.15, -0.1) is 0 Å². The number of hydrogen-bond acceptors (Lipinski definition) is 8. The van der Waals surface area contributed by atoms with Crippen LogP contribution in [0.5, 0.6) is 0 Å². The molecule has 5 rings (SSSR count). The minimum absolute atomic E-state index is 0.134. The van der Waals surface area contributed by atoms with Gasteiger partial charge in [-0.05, 0) is 57.4 Å². The van der Waals surface area contributed by atoms with Gasteiger partial charge in [0.05, 0.1) is 28.6 Å². The molecule has 0 aliphatic carbocycles. The second-order valence-electron chi connectivity index (χ2n) is 12.2. The third-order valence-corrected chi connectivity index (χ3v) is 8.88. The van der Waals surface area contributed by atoms with Crippen molar-refractivity contribution in [1.29, 1.82) is 0 Å². The molecule has 0 spiro atoms. The highest BCUT2D eigenvalue weighted by atomic mass is 16.6. The summed E-state index contributed by atoms with van der Waals surface area (Å²) in [5.41, 5.74) is 3.60. The second-order valence-corrected chi connectivity index (χ2v) is 12.2. The van der Waals surface area contributed by atoms with Crippen molar-refractivity contribution in [3.8, 4) is 0 Å². The highest BCUT2D eigenvalue weighted by Gasteiger charge is 2.43. The number of hydrogen-bond donors (Lipinski definition) is 1. The number of dihydropyridines is 1. The molecule has 2 heterocycles. The van der Waals surface area contributed by atoms with Crippen molar-refractivity contribution in [1.82, 2.24) is 10.2 Å². The molecule has 240 valence electrons. The van der Waals surface area contributed by atoms with Crippen LogP contribution < -0.4 is 5.32 Å². The molecular formula is C37H41N3O6. The Hall–Kier alpha value is -4.76. The molecule has 46 heavy (non-hydrogen) atoms. The van der Waals surface area contributed by atoms with Gasteiger partial charge in [-0.3, -0.25) is 15.0 Å². The molecule has 2 aliphatic rings. The molecule has 1 saturated heterocycles. The number of carbonyl (C=O) groups is 2. The summed E-state index contributed by atoms with van der Waals surface area (Å²) in [6, 6.07) is 27.0. The summed E-state index contributed by atoms with van der Waals surface area (Å²) in [5.74, 6) is -1.81. The number of carbonyl (C=O) groups excluding carboxylic acids is 2. The standard InChI is InChI=1S/C37H41N3O6/c1-5-45-35(41)32-25(2)38-26(3)33(34(32)29-17-12-18-30(23-29)40(43)44)36(42)46-37(4)20-22-39(24-37)21-19-31(27-13-8-6-9-14-27)28-15-10-7-11-16-28/h6-18,23,31,34,38H,5,19-22,24H2,1-4H3. The lowest BCUT2D eigenvalue weighted by Gasteiger charge is -2.33. The SMILES string of the molecule is CCOC(=O)C1=C(C)NC(C)=C(C(=O)OC2(C)CCN(CCC(c3ccccc3)c3ccccc3)C2)C1c1cccc([N+](=O)[O-])c1. The van der Waals surface area contributed by atoms with Gasteiger partial charge in [-0.25, -0.2) is 9.59 Å². The van der Waals surface area contributed by atoms with Gasteiger partial charge in [0, 0.05) is 49.0 Å². The van der Waals surface area contributed by atoms with Gasteiger partial charge in [-0.1, -0.05) is 72.8 Å². The Labute approximate surface area is 270 Å². The average molecular weight is 624 g/mol. The molecule has 0 radical (unpaired) electrons. The molecule has 0 saturated carbocycles. The minimum Gasteiger partial charge on any atom is -0.463 e. The molecule has 0 aromatic heterocycles. The van der Waals surface area contributed by atoms with Crippen LogP contribution in [0.25, 0.3) is 0 Å². The smallest absolute Gasteiger partial charge is 0.337 e. The van der Waals surface area contributed by atoms with E-state index in [1.165, 1.54) is 23.3 Å². The largest absolute Gasteiger partial charge is 0.463 e. The zero-order valence-electron chi connectivity index (χ0n) is 26.8. The number of rotatable bonds is 11. The monoisotopic (exact) mass is 623 g/mol. The Kier molecular flexibility index (Phi) is 10.0. The Bertz CT molecular complexity index is 1610. The van der Waals surface area contributed by atoms with E-state index >= 15 is 0 Å². The molecular weight excluding hydrogens is 582 g/mol. The Balaban J connectivity index is 1.36. The predicted octanol–water partition coefficient (Wildman–Crippen LogP) is 6.62. The zero-order chi connectivity index (χ0) is 32.8. The number of non-ortho nitro benzene ring substituents is 1. The van der Waals surface area contributed by atoms with Gasteiger partial charge in [0.25, 0.3) is 5.69 Å². The lowest BCUT2D eigenvalue weighted by Crippen LogP contribution is -2.39. The van der Waals surface area contributed by atoms with Crippen molar-refractivity contribution in [2.45, 2.75) is 58.0 Å². The summed E-state index contributed by atoms with van der Waals surface area (Å²) in [5, 5.41) is 14.8. The van der Waals surface area contributed by atoms with Crippen LogP contribution in [-0.2, 0) is 19.1 Å². The first kappa shape index (κ1) is 32.6. The molecule has 3 aromatic rings. The van der Waals surface area contributed by atoms with Crippen molar-refractivity contribution in [3.05, 3.63) is 134 Å². The minimum atomic E-state index is -0.897. The van der Waals surface area contributed by atoms with E-state index in [9.17, 15) is 19.7 Å². The van der Waals surface area contributed by atoms with Gasteiger partial charge >= 0.3 is 11.9 Å². The van der Waals surface area contributed by atoms with Crippen molar-refractivity contribution < 1.29 is 24.0 Å². The van der Waals surface area contributed by atoms with Crippen LogP contribution >= 0.6 is 0 Å². The van der Waals surface area contributed by atoms with Crippen LogP contribution in [0.1, 0.15) is 69.1 Å². The van der Waals surface area contributed by atoms with Crippen LogP contribution in [0.3, 0.4) is 0 Å². The number of allylic oxidation sites excluding steroid dienone is 2. The molecule has 2 atom stereocenters. The molecule has 3 aromatic carbocycles. The average Bonchev–Trinajstić information content (AvgIpc) is 3.41. The van der Waals surface area contributed by atoms with E-state index in [2.05, 4.69) is 58.7 Å². The van der Waals surface area contributed by atoms with Gasteiger partial charge in [0.15, 0.2) is 0 Å². The normalized spacial score (nSPS) is 20.1.